The van der Waals surface area contributed by atoms with E-state index in [1.807, 2.05) is 24.1 Å². The van der Waals surface area contributed by atoms with Crippen molar-refractivity contribution in [1.82, 2.24) is 4.90 Å². The number of carbonyl (C=O) groups excluding carboxylic acids is 1. The van der Waals surface area contributed by atoms with Crippen LogP contribution < -0.4 is 4.74 Å². The molecule has 0 saturated carbocycles. The van der Waals surface area contributed by atoms with Crippen LogP contribution in [0.1, 0.15) is 35.6 Å². The number of nitro groups is 1. The predicted octanol–water partition coefficient (Wildman–Crippen LogP) is 4.37. The van der Waals surface area contributed by atoms with Crippen molar-refractivity contribution < 1.29 is 14.5 Å². The fraction of sp³-hybridized carbons (Fsp3) is 0.381. The highest BCUT2D eigenvalue weighted by molar-refractivity contribution is 7.99. The molecular formula is C21H24N2O4S. The standard InChI is InChI=1S/C21H24N2O4S/c1-22(18-9-5-7-16-6-3-4-8-17(16)18)21(24)14-28-13-15-10-11-20(27-2)19(12-15)23(25)26/h3-4,6,8,10-12,18H,5,7,9,13-14H2,1-2H3. The molecule has 0 aromatic heterocycles. The molecule has 0 aliphatic heterocycles. The van der Waals surface area contributed by atoms with Crippen LogP contribution >= 0.6 is 11.8 Å². The lowest BCUT2D eigenvalue weighted by atomic mass is 9.87. The summed E-state index contributed by atoms with van der Waals surface area (Å²) in [4.78, 5) is 25.2. The second-order valence-electron chi connectivity index (χ2n) is 6.87. The number of rotatable bonds is 7. The van der Waals surface area contributed by atoms with Crippen LogP contribution in [0.15, 0.2) is 42.5 Å². The molecule has 0 saturated heterocycles. The number of hydrogen-bond acceptors (Lipinski definition) is 5. The molecule has 1 amide bonds. The minimum absolute atomic E-state index is 0.0529. The first-order chi connectivity index (χ1) is 13.5. The highest BCUT2D eigenvalue weighted by Gasteiger charge is 2.26. The number of aryl methyl sites for hydroxylation is 1. The lowest BCUT2D eigenvalue weighted by Gasteiger charge is -2.33. The summed E-state index contributed by atoms with van der Waals surface area (Å²) in [5.41, 5.74) is 3.33. The lowest BCUT2D eigenvalue weighted by Crippen LogP contribution is -2.34. The first kappa shape index (κ1) is 20.2. The second-order valence-corrected chi connectivity index (χ2v) is 7.85. The summed E-state index contributed by atoms with van der Waals surface area (Å²) in [5.74, 6) is 1.20. The van der Waals surface area contributed by atoms with Gasteiger partial charge in [-0.3, -0.25) is 14.9 Å². The summed E-state index contributed by atoms with van der Waals surface area (Å²) in [6, 6.07) is 13.4. The third kappa shape index (κ3) is 4.47. The summed E-state index contributed by atoms with van der Waals surface area (Å²) >= 11 is 1.47. The number of fused-ring (bicyclic) bond motifs is 1. The molecule has 0 spiro atoms. The van der Waals surface area contributed by atoms with E-state index in [1.54, 1.807) is 12.1 Å². The molecule has 2 aromatic carbocycles. The molecule has 0 bridgehead atoms. The highest BCUT2D eigenvalue weighted by Crippen LogP contribution is 2.34. The Morgan fingerprint density at radius 1 is 1.32 bits per heavy atom. The Labute approximate surface area is 169 Å². The van der Waals surface area contributed by atoms with E-state index in [2.05, 4.69) is 12.1 Å². The molecule has 3 rings (SSSR count). The van der Waals surface area contributed by atoms with Gasteiger partial charge in [0.2, 0.25) is 5.91 Å². The molecule has 0 radical (unpaired) electrons. The molecule has 2 aromatic rings. The Hall–Kier alpha value is -2.54. The zero-order valence-corrected chi connectivity index (χ0v) is 16.9. The van der Waals surface area contributed by atoms with Crippen LogP contribution in [0, 0.1) is 10.1 Å². The van der Waals surface area contributed by atoms with Crippen molar-refractivity contribution in [3.63, 3.8) is 0 Å². The second kappa shape index (κ2) is 9.10. The van der Waals surface area contributed by atoms with Gasteiger partial charge in [-0.05, 0) is 42.0 Å². The number of amides is 1. The van der Waals surface area contributed by atoms with Crippen LogP contribution in [-0.2, 0) is 17.0 Å². The molecule has 0 heterocycles. The summed E-state index contributed by atoms with van der Waals surface area (Å²) in [6.07, 6.45) is 3.14. The molecule has 148 valence electrons. The maximum atomic E-state index is 12.7. The van der Waals surface area contributed by atoms with E-state index in [4.69, 9.17) is 4.74 Å². The van der Waals surface area contributed by atoms with E-state index >= 15 is 0 Å². The first-order valence-corrected chi connectivity index (χ1v) is 10.4. The van der Waals surface area contributed by atoms with E-state index < -0.39 is 4.92 Å². The molecule has 1 aliphatic rings. The smallest absolute Gasteiger partial charge is 0.311 e. The Bertz CT molecular complexity index is 871. The van der Waals surface area contributed by atoms with Gasteiger partial charge in [-0.2, -0.15) is 0 Å². The van der Waals surface area contributed by atoms with Gasteiger partial charge in [0.1, 0.15) is 0 Å². The van der Waals surface area contributed by atoms with Gasteiger partial charge in [0.05, 0.1) is 23.8 Å². The Balaban J connectivity index is 1.59. The van der Waals surface area contributed by atoms with Gasteiger partial charge in [-0.25, -0.2) is 0 Å². The van der Waals surface area contributed by atoms with Gasteiger partial charge in [-0.15, -0.1) is 11.8 Å². The molecule has 1 unspecified atom stereocenters. The van der Waals surface area contributed by atoms with Crippen molar-refractivity contribution in [2.75, 3.05) is 19.9 Å². The van der Waals surface area contributed by atoms with E-state index in [1.165, 1.54) is 36.1 Å². The predicted molar refractivity (Wildman–Crippen MR) is 111 cm³/mol. The largest absolute Gasteiger partial charge is 0.490 e. The minimum Gasteiger partial charge on any atom is -0.490 e. The zero-order chi connectivity index (χ0) is 20.1. The molecule has 28 heavy (non-hydrogen) atoms. The zero-order valence-electron chi connectivity index (χ0n) is 16.1. The minimum atomic E-state index is -0.452. The normalized spacial score (nSPS) is 15.6. The highest BCUT2D eigenvalue weighted by atomic mass is 32.2. The van der Waals surface area contributed by atoms with Crippen LogP contribution in [-0.4, -0.2) is 35.6 Å². The average Bonchev–Trinajstić information content (AvgIpc) is 2.72. The molecular weight excluding hydrogens is 376 g/mol. The summed E-state index contributed by atoms with van der Waals surface area (Å²) in [5, 5.41) is 11.1. The fourth-order valence-corrected chi connectivity index (χ4v) is 4.53. The Morgan fingerprint density at radius 2 is 2.11 bits per heavy atom. The van der Waals surface area contributed by atoms with Gasteiger partial charge in [0.15, 0.2) is 5.75 Å². The molecule has 1 aliphatic carbocycles. The maximum absolute atomic E-state index is 12.7. The van der Waals surface area contributed by atoms with E-state index in [9.17, 15) is 14.9 Å². The SMILES string of the molecule is COc1ccc(CSCC(=O)N(C)C2CCCc3ccccc32)cc1[N+](=O)[O-]. The third-order valence-corrected chi connectivity index (χ3v) is 6.12. The number of ether oxygens (including phenoxy) is 1. The maximum Gasteiger partial charge on any atom is 0.311 e. The topological polar surface area (TPSA) is 72.7 Å². The fourth-order valence-electron chi connectivity index (χ4n) is 3.63. The molecule has 0 fully saturated rings. The molecule has 1 atom stereocenters. The van der Waals surface area contributed by atoms with Crippen LogP contribution in [0.5, 0.6) is 5.75 Å². The van der Waals surface area contributed by atoms with E-state index in [-0.39, 0.29) is 23.4 Å². The number of carbonyl (C=O) groups is 1. The van der Waals surface area contributed by atoms with E-state index in [0.717, 1.165) is 24.8 Å². The summed E-state index contributed by atoms with van der Waals surface area (Å²) < 4.78 is 5.02. The van der Waals surface area contributed by atoms with Crippen LogP contribution in [0.2, 0.25) is 0 Å². The van der Waals surface area contributed by atoms with Gasteiger partial charge < -0.3 is 9.64 Å². The van der Waals surface area contributed by atoms with E-state index in [0.29, 0.717) is 11.5 Å². The molecule has 6 nitrogen and oxygen atoms in total. The number of nitrogens with zero attached hydrogens (tertiary/aromatic N) is 2. The van der Waals surface area contributed by atoms with Crippen molar-refractivity contribution in [3.8, 4) is 5.75 Å². The monoisotopic (exact) mass is 400 g/mol. The number of hydrogen-bond donors (Lipinski definition) is 0. The number of benzene rings is 2. The van der Waals surface area contributed by atoms with Gasteiger partial charge in [-0.1, -0.05) is 30.3 Å². The van der Waals surface area contributed by atoms with Crippen LogP contribution in [0.25, 0.3) is 0 Å². The molecule has 0 N–H and O–H groups in total. The first-order valence-electron chi connectivity index (χ1n) is 9.23. The van der Waals surface area contributed by atoms with Gasteiger partial charge in [0, 0.05) is 18.9 Å². The van der Waals surface area contributed by atoms with Crippen molar-refractivity contribution in [2.24, 2.45) is 0 Å². The average molecular weight is 401 g/mol. The van der Waals surface area contributed by atoms with Gasteiger partial charge in [0.25, 0.3) is 0 Å². The van der Waals surface area contributed by atoms with Crippen LogP contribution in [0.4, 0.5) is 5.69 Å². The quantitative estimate of drug-likeness (QED) is 0.510. The van der Waals surface area contributed by atoms with Crippen molar-refractivity contribution in [1.29, 1.82) is 0 Å². The summed E-state index contributed by atoms with van der Waals surface area (Å²) in [6.45, 7) is 0. The van der Waals surface area contributed by atoms with Crippen molar-refractivity contribution in [2.45, 2.75) is 31.1 Å². The Morgan fingerprint density at radius 3 is 2.86 bits per heavy atom. The Kier molecular flexibility index (Phi) is 6.57. The number of nitro benzene ring substituents is 1. The number of methoxy groups -OCH3 is 1. The van der Waals surface area contributed by atoms with Crippen LogP contribution in [0.3, 0.4) is 0 Å². The third-order valence-electron chi connectivity index (χ3n) is 5.13. The summed E-state index contributed by atoms with van der Waals surface area (Å²) in [7, 11) is 3.28. The number of thioether (sulfide) groups is 1. The van der Waals surface area contributed by atoms with Crippen molar-refractivity contribution >= 4 is 23.4 Å². The molecule has 7 heteroatoms. The van der Waals surface area contributed by atoms with Crippen molar-refractivity contribution in [3.05, 3.63) is 69.3 Å². The van der Waals surface area contributed by atoms with Gasteiger partial charge >= 0.3 is 5.69 Å². The lowest BCUT2D eigenvalue weighted by molar-refractivity contribution is -0.385.